The molecule has 0 aliphatic carbocycles. The van der Waals surface area contributed by atoms with Crippen molar-refractivity contribution in [3.63, 3.8) is 0 Å². The Morgan fingerprint density at radius 2 is 2.22 bits per heavy atom. The molecule has 2 saturated heterocycles. The van der Waals surface area contributed by atoms with Crippen molar-refractivity contribution in [2.75, 3.05) is 7.05 Å². The third-order valence-corrected chi connectivity index (χ3v) is 5.06. The van der Waals surface area contributed by atoms with E-state index >= 15 is 0 Å². The van der Waals surface area contributed by atoms with Crippen molar-refractivity contribution in [2.45, 2.75) is 76.7 Å². The van der Waals surface area contributed by atoms with Gasteiger partial charge in [-0.3, -0.25) is 4.99 Å². The lowest BCUT2D eigenvalue weighted by Gasteiger charge is -2.22. The van der Waals surface area contributed by atoms with Crippen LogP contribution in [0.25, 0.3) is 0 Å². The molecule has 3 atom stereocenters. The summed E-state index contributed by atoms with van der Waals surface area (Å²) in [4.78, 5) is 4.30. The van der Waals surface area contributed by atoms with Crippen LogP contribution in [0.15, 0.2) is 15.6 Å². The van der Waals surface area contributed by atoms with E-state index in [2.05, 4.69) is 40.7 Å². The number of nitrogens with one attached hydrogen (secondary N) is 2. The predicted octanol–water partition coefficient (Wildman–Crippen LogP) is 2.56. The van der Waals surface area contributed by atoms with Crippen LogP contribution in [-0.4, -0.2) is 36.4 Å². The zero-order valence-corrected chi connectivity index (χ0v) is 14.3. The van der Waals surface area contributed by atoms with Gasteiger partial charge in [-0.15, -0.1) is 0 Å². The highest BCUT2D eigenvalue weighted by Gasteiger charge is 2.41. The summed E-state index contributed by atoms with van der Waals surface area (Å²) >= 11 is 0. The quantitative estimate of drug-likeness (QED) is 0.622. The second-order valence-corrected chi connectivity index (χ2v) is 6.52. The first-order chi connectivity index (χ1) is 11.2. The fraction of sp³-hybridized carbons (Fsp3) is 0.765. The average Bonchev–Trinajstić information content (AvgIpc) is 3.29. The molecule has 0 amide bonds. The van der Waals surface area contributed by atoms with Gasteiger partial charge in [0, 0.05) is 19.0 Å². The summed E-state index contributed by atoms with van der Waals surface area (Å²) in [5.41, 5.74) is 1.05. The zero-order valence-electron chi connectivity index (χ0n) is 14.3. The molecular weight excluding hydrogens is 292 g/mol. The summed E-state index contributed by atoms with van der Waals surface area (Å²) in [6.07, 6.45) is 6.38. The van der Waals surface area contributed by atoms with Gasteiger partial charge in [0.25, 0.3) is 0 Å². The highest BCUT2D eigenvalue weighted by Crippen LogP contribution is 2.34. The van der Waals surface area contributed by atoms with Gasteiger partial charge in [-0.2, -0.15) is 0 Å². The maximum absolute atomic E-state index is 5.87. The van der Waals surface area contributed by atoms with Crippen molar-refractivity contribution in [1.29, 1.82) is 0 Å². The van der Waals surface area contributed by atoms with Crippen LogP contribution in [0.5, 0.6) is 0 Å². The lowest BCUT2D eigenvalue weighted by atomic mass is 9.96. The molecule has 0 spiro atoms. The van der Waals surface area contributed by atoms with Crippen LogP contribution in [0.3, 0.4) is 0 Å². The highest BCUT2D eigenvalue weighted by molar-refractivity contribution is 5.80. The number of rotatable bonds is 6. The Kier molecular flexibility index (Phi) is 5.20. The van der Waals surface area contributed by atoms with Gasteiger partial charge in [-0.05, 0) is 32.1 Å². The van der Waals surface area contributed by atoms with E-state index < -0.39 is 0 Å². The Labute approximate surface area is 138 Å². The van der Waals surface area contributed by atoms with Gasteiger partial charge in [0.1, 0.15) is 0 Å². The van der Waals surface area contributed by atoms with Crippen molar-refractivity contribution in [3.8, 4) is 0 Å². The molecule has 0 radical (unpaired) electrons. The van der Waals surface area contributed by atoms with Gasteiger partial charge in [0.2, 0.25) is 0 Å². The fourth-order valence-electron chi connectivity index (χ4n) is 3.64. The number of aromatic nitrogens is 1. The highest BCUT2D eigenvalue weighted by atomic mass is 16.5. The number of nitrogens with zero attached hydrogens (tertiary/aromatic N) is 2. The Hall–Kier alpha value is -1.56. The summed E-state index contributed by atoms with van der Waals surface area (Å²) in [5, 5.41) is 11.0. The van der Waals surface area contributed by atoms with Gasteiger partial charge in [0.15, 0.2) is 11.7 Å². The molecule has 3 rings (SSSR count). The lowest BCUT2D eigenvalue weighted by Crippen LogP contribution is -2.47. The lowest BCUT2D eigenvalue weighted by molar-refractivity contribution is 0.0992. The summed E-state index contributed by atoms with van der Waals surface area (Å²) < 4.78 is 11.3. The van der Waals surface area contributed by atoms with E-state index in [1.54, 1.807) is 7.05 Å². The number of guanidine groups is 1. The molecule has 6 nitrogen and oxygen atoms in total. The van der Waals surface area contributed by atoms with Crippen molar-refractivity contribution in [3.05, 3.63) is 17.5 Å². The van der Waals surface area contributed by atoms with Crippen LogP contribution >= 0.6 is 0 Å². The van der Waals surface area contributed by atoms with Gasteiger partial charge in [-0.25, -0.2) is 0 Å². The van der Waals surface area contributed by atoms with Crippen molar-refractivity contribution >= 4 is 5.96 Å². The summed E-state index contributed by atoms with van der Waals surface area (Å²) in [6.45, 7) is 4.96. The van der Waals surface area contributed by atoms with Gasteiger partial charge >= 0.3 is 0 Å². The molecule has 3 heterocycles. The van der Waals surface area contributed by atoms with E-state index in [4.69, 9.17) is 9.26 Å². The molecule has 23 heavy (non-hydrogen) atoms. The van der Waals surface area contributed by atoms with Gasteiger partial charge < -0.3 is 19.9 Å². The second-order valence-electron chi connectivity index (χ2n) is 6.52. The van der Waals surface area contributed by atoms with Crippen molar-refractivity contribution in [1.82, 2.24) is 15.8 Å². The fourth-order valence-corrected chi connectivity index (χ4v) is 3.64. The van der Waals surface area contributed by atoms with E-state index in [0.29, 0.717) is 30.7 Å². The number of fused-ring (bicyclic) bond motifs is 2. The molecule has 6 heteroatoms. The van der Waals surface area contributed by atoms with E-state index in [1.807, 2.05) is 0 Å². The molecule has 2 fully saturated rings. The van der Waals surface area contributed by atoms with Crippen LogP contribution in [0, 0.1) is 0 Å². The molecule has 3 unspecified atom stereocenters. The largest absolute Gasteiger partial charge is 0.373 e. The second kappa shape index (κ2) is 7.34. The maximum atomic E-state index is 5.87. The first kappa shape index (κ1) is 16.3. The minimum atomic E-state index is 0.338. The minimum Gasteiger partial charge on any atom is -0.373 e. The monoisotopic (exact) mass is 320 g/mol. The third kappa shape index (κ3) is 3.68. The standard InChI is InChI=1S/C17H28N4O2/c1-4-11(5-2)14-9-13(23-21-14)10-19-17(18-3)20-15-8-12-6-7-16(15)22-12/h9,11-12,15-16H,4-8,10H2,1-3H3,(H2,18,19,20). The van der Waals surface area contributed by atoms with E-state index in [1.165, 1.54) is 6.42 Å². The molecule has 0 saturated carbocycles. The van der Waals surface area contributed by atoms with E-state index in [-0.39, 0.29) is 0 Å². The predicted molar refractivity (Wildman–Crippen MR) is 89.5 cm³/mol. The Balaban J connectivity index is 1.50. The molecule has 2 N–H and O–H groups in total. The molecule has 1 aromatic rings. The van der Waals surface area contributed by atoms with E-state index in [9.17, 15) is 0 Å². The molecule has 0 aromatic carbocycles. The Bertz CT molecular complexity index is 538. The number of hydrogen-bond acceptors (Lipinski definition) is 4. The maximum Gasteiger partial charge on any atom is 0.191 e. The molecule has 2 bridgehead atoms. The Morgan fingerprint density at radius 1 is 1.39 bits per heavy atom. The number of ether oxygens (including phenoxy) is 1. The topological polar surface area (TPSA) is 71.7 Å². The van der Waals surface area contributed by atoms with E-state index in [0.717, 1.165) is 43.1 Å². The molecule has 1 aromatic heterocycles. The van der Waals surface area contributed by atoms with Crippen molar-refractivity contribution < 1.29 is 9.26 Å². The Morgan fingerprint density at radius 3 is 2.83 bits per heavy atom. The third-order valence-electron chi connectivity index (χ3n) is 5.06. The van der Waals surface area contributed by atoms with Gasteiger partial charge in [-0.1, -0.05) is 19.0 Å². The average molecular weight is 320 g/mol. The summed E-state index contributed by atoms with van der Waals surface area (Å²) in [5.74, 6) is 2.13. The van der Waals surface area contributed by atoms with Crippen molar-refractivity contribution in [2.24, 2.45) is 4.99 Å². The first-order valence-electron chi connectivity index (χ1n) is 8.81. The van der Waals surface area contributed by atoms with Crippen LogP contribution < -0.4 is 10.6 Å². The van der Waals surface area contributed by atoms with Gasteiger partial charge in [0.05, 0.1) is 30.5 Å². The summed E-state index contributed by atoms with van der Waals surface area (Å²) in [6, 6.07) is 2.42. The van der Waals surface area contributed by atoms with Crippen LogP contribution in [-0.2, 0) is 11.3 Å². The molecule has 128 valence electrons. The number of aliphatic imine (C=N–C) groups is 1. The molecule has 2 aliphatic heterocycles. The number of hydrogen-bond donors (Lipinski definition) is 2. The zero-order chi connectivity index (χ0) is 16.2. The summed E-state index contributed by atoms with van der Waals surface area (Å²) in [7, 11) is 1.79. The van der Waals surface area contributed by atoms with Crippen LogP contribution in [0.1, 0.15) is 63.3 Å². The van der Waals surface area contributed by atoms with Crippen LogP contribution in [0.4, 0.5) is 0 Å². The minimum absolute atomic E-state index is 0.338. The SMILES string of the molecule is CCC(CC)c1cc(CNC(=NC)NC2CC3CCC2O3)on1. The molecular formula is C17H28N4O2. The van der Waals surface area contributed by atoms with Crippen LogP contribution in [0.2, 0.25) is 0 Å². The smallest absolute Gasteiger partial charge is 0.191 e. The first-order valence-corrected chi connectivity index (χ1v) is 8.81. The molecule has 2 aliphatic rings. The normalized spacial score (nSPS) is 27.0.